The number of aliphatic hydroxyl groups is 1. The Kier molecular flexibility index (Phi) is 9.06. The predicted octanol–water partition coefficient (Wildman–Crippen LogP) is -1.29. The van der Waals surface area contributed by atoms with Crippen LogP contribution in [0.15, 0.2) is 0 Å². The molecule has 0 amide bonds. The van der Waals surface area contributed by atoms with E-state index < -0.39 is 30.1 Å². The van der Waals surface area contributed by atoms with E-state index in [1.165, 1.54) is 0 Å². The molecule has 8 N–H and O–H groups in total. The summed E-state index contributed by atoms with van der Waals surface area (Å²) in [6.45, 7) is 1.86. The fraction of sp³-hybridized carbons (Fsp3) is 0.833. The first kappa shape index (κ1) is 18.8. The van der Waals surface area contributed by atoms with Gasteiger partial charge in [0.1, 0.15) is 12.1 Å². The normalized spacial score (nSPS) is 17.2. The van der Waals surface area contributed by atoms with Crippen LogP contribution < -0.4 is 16.8 Å². The molecule has 0 fully saturated rings. The van der Waals surface area contributed by atoms with Crippen molar-refractivity contribution < 1.29 is 24.9 Å². The molecule has 0 aromatic carbocycles. The summed E-state index contributed by atoms with van der Waals surface area (Å²) < 4.78 is 0. The highest BCUT2D eigenvalue weighted by Crippen LogP contribution is 2.06. The Labute approximate surface area is 118 Å². The van der Waals surface area contributed by atoms with E-state index in [4.69, 9.17) is 21.7 Å². The van der Waals surface area contributed by atoms with Gasteiger partial charge in [0.2, 0.25) is 0 Å². The third-order valence-corrected chi connectivity index (χ3v) is 3.07. The molecule has 4 atom stereocenters. The summed E-state index contributed by atoms with van der Waals surface area (Å²) in [5.41, 5.74) is 10.6. The highest BCUT2D eigenvalue weighted by molar-refractivity contribution is 5.73. The molecule has 0 heterocycles. The van der Waals surface area contributed by atoms with Gasteiger partial charge in [-0.2, -0.15) is 0 Å². The Balaban J connectivity index is 4.17. The zero-order valence-electron chi connectivity index (χ0n) is 11.7. The van der Waals surface area contributed by atoms with E-state index in [1.54, 1.807) is 6.92 Å². The van der Waals surface area contributed by atoms with E-state index in [0.29, 0.717) is 12.8 Å². The fourth-order valence-electron chi connectivity index (χ4n) is 1.73. The first-order chi connectivity index (χ1) is 9.27. The molecule has 8 heteroatoms. The van der Waals surface area contributed by atoms with Crippen LogP contribution in [0, 0.1) is 0 Å². The molecule has 4 unspecified atom stereocenters. The highest BCUT2D eigenvalue weighted by Gasteiger charge is 2.21. The Hall–Kier alpha value is -1.22. The molecule has 0 bridgehead atoms. The molecule has 0 aliphatic carbocycles. The second-order valence-corrected chi connectivity index (χ2v) is 4.95. The summed E-state index contributed by atoms with van der Waals surface area (Å²) >= 11 is 0. The first-order valence-electron chi connectivity index (χ1n) is 6.63. The minimum atomic E-state index is -1.07. The second-order valence-electron chi connectivity index (χ2n) is 4.95. The van der Waals surface area contributed by atoms with E-state index in [2.05, 4.69) is 5.32 Å². The fourth-order valence-corrected chi connectivity index (χ4v) is 1.73. The average molecular weight is 291 g/mol. The molecule has 118 valence electrons. The van der Waals surface area contributed by atoms with Crippen LogP contribution in [0.3, 0.4) is 0 Å². The van der Waals surface area contributed by atoms with Gasteiger partial charge in [-0.1, -0.05) is 0 Å². The van der Waals surface area contributed by atoms with Crippen molar-refractivity contribution >= 4 is 11.9 Å². The number of aliphatic carboxylic acids is 2. The molecule has 0 aliphatic heterocycles. The predicted molar refractivity (Wildman–Crippen MR) is 73.2 cm³/mol. The summed E-state index contributed by atoms with van der Waals surface area (Å²) in [4.78, 5) is 21.7. The van der Waals surface area contributed by atoms with Crippen molar-refractivity contribution in [3.05, 3.63) is 0 Å². The third kappa shape index (κ3) is 8.05. The molecule has 0 aromatic rings. The lowest BCUT2D eigenvalue weighted by molar-refractivity contribution is -0.140. The Morgan fingerprint density at radius 3 is 2.15 bits per heavy atom. The van der Waals surface area contributed by atoms with E-state index in [9.17, 15) is 14.7 Å². The van der Waals surface area contributed by atoms with Crippen LogP contribution in [0.5, 0.6) is 0 Å². The molecule has 0 spiro atoms. The Bertz CT molecular complexity index is 313. The number of carboxylic acid groups (broad SMARTS) is 2. The molecule has 8 nitrogen and oxygen atoms in total. The molecule has 0 aromatic heterocycles. The lowest BCUT2D eigenvalue weighted by atomic mass is 10.0. The zero-order chi connectivity index (χ0) is 15.7. The molecule has 0 rings (SSSR count). The van der Waals surface area contributed by atoms with Crippen molar-refractivity contribution in [3.8, 4) is 0 Å². The van der Waals surface area contributed by atoms with Gasteiger partial charge in [0.05, 0.1) is 6.10 Å². The third-order valence-electron chi connectivity index (χ3n) is 3.07. The van der Waals surface area contributed by atoms with E-state index in [-0.39, 0.29) is 25.4 Å². The number of aliphatic hydroxyl groups excluding tert-OH is 1. The molecular weight excluding hydrogens is 266 g/mol. The van der Waals surface area contributed by atoms with E-state index >= 15 is 0 Å². The maximum Gasteiger partial charge on any atom is 0.320 e. The van der Waals surface area contributed by atoms with Crippen LogP contribution >= 0.6 is 0 Å². The topological polar surface area (TPSA) is 159 Å². The Morgan fingerprint density at radius 2 is 1.70 bits per heavy atom. The largest absolute Gasteiger partial charge is 0.480 e. The summed E-state index contributed by atoms with van der Waals surface area (Å²) in [6, 6.07) is -1.93. The molecule has 0 saturated carbocycles. The number of carbonyl (C=O) groups is 2. The van der Waals surface area contributed by atoms with Crippen LogP contribution in [0.25, 0.3) is 0 Å². The van der Waals surface area contributed by atoms with Crippen LogP contribution in [-0.2, 0) is 9.59 Å². The summed E-state index contributed by atoms with van der Waals surface area (Å²) in [5, 5.41) is 30.0. The average Bonchev–Trinajstić information content (AvgIpc) is 2.39. The lowest BCUT2D eigenvalue weighted by Crippen LogP contribution is -2.43. The van der Waals surface area contributed by atoms with Gasteiger partial charge >= 0.3 is 11.9 Å². The summed E-state index contributed by atoms with van der Waals surface area (Å²) in [6.07, 6.45) is 0.553. The minimum Gasteiger partial charge on any atom is -0.480 e. The SMILES string of the molecule is CC(CCC(N)C(=O)O)NC(CCC(O)CN)C(=O)O. The van der Waals surface area contributed by atoms with Crippen molar-refractivity contribution in [3.63, 3.8) is 0 Å². The molecule has 0 radical (unpaired) electrons. The summed E-state index contributed by atoms with van der Waals surface area (Å²) in [5.74, 6) is -2.08. The molecule has 0 saturated heterocycles. The number of hydrogen-bond donors (Lipinski definition) is 6. The van der Waals surface area contributed by atoms with Gasteiger partial charge in [-0.05, 0) is 32.6 Å². The van der Waals surface area contributed by atoms with Crippen LogP contribution in [-0.4, -0.2) is 58.0 Å². The van der Waals surface area contributed by atoms with Crippen LogP contribution in [0.1, 0.15) is 32.6 Å². The van der Waals surface area contributed by atoms with Gasteiger partial charge in [-0.3, -0.25) is 9.59 Å². The Morgan fingerprint density at radius 1 is 1.10 bits per heavy atom. The van der Waals surface area contributed by atoms with E-state index in [1.807, 2.05) is 0 Å². The summed E-state index contributed by atoms with van der Waals surface area (Å²) in [7, 11) is 0. The molecular formula is C12H25N3O5. The zero-order valence-corrected chi connectivity index (χ0v) is 11.7. The minimum absolute atomic E-state index is 0.0926. The number of carboxylic acids is 2. The molecule has 0 aliphatic rings. The van der Waals surface area contributed by atoms with Crippen molar-refractivity contribution in [2.45, 2.75) is 56.8 Å². The van der Waals surface area contributed by atoms with Gasteiger partial charge in [0, 0.05) is 12.6 Å². The van der Waals surface area contributed by atoms with Gasteiger partial charge in [0.15, 0.2) is 0 Å². The van der Waals surface area contributed by atoms with Crippen molar-refractivity contribution in [2.75, 3.05) is 6.54 Å². The van der Waals surface area contributed by atoms with Crippen LogP contribution in [0.4, 0.5) is 0 Å². The standard InChI is InChI=1S/C12H25N3O5/c1-7(2-4-9(14)11(17)18)15-10(12(19)20)5-3-8(16)6-13/h7-10,15-16H,2-6,13-14H2,1H3,(H,17,18)(H,19,20). The maximum absolute atomic E-state index is 11.1. The smallest absolute Gasteiger partial charge is 0.320 e. The van der Waals surface area contributed by atoms with Gasteiger partial charge in [0.25, 0.3) is 0 Å². The van der Waals surface area contributed by atoms with Gasteiger partial charge in [-0.15, -0.1) is 0 Å². The van der Waals surface area contributed by atoms with Crippen molar-refractivity contribution in [1.82, 2.24) is 5.32 Å². The number of nitrogens with two attached hydrogens (primary N) is 2. The van der Waals surface area contributed by atoms with E-state index in [0.717, 1.165) is 0 Å². The maximum atomic E-state index is 11.1. The van der Waals surface area contributed by atoms with Gasteiger partial charge in [-0.25, -0.2) is 0 Å². The number of hydrogen-bond acceptors (Lipinski definition) is 6. The first-order valence-corrected chi connectivity index (χ1v) is 6.63. The molecule has 20 heavy (non-hydrogen) atoms. The number of rotatable bonds is 11. The van der Waals surface area contributed by atoms with Crippen molar-refractivity contribution in [2.24, 2.45) is 11.5 Å². The lowest BCUT2D eigenvalue weighted by Gasteiger charge is -2.21. The number of nitrogens with one attached hydrogen (secondary N) is 1. The second kappa shape index (κ2) is 9.65. The van der Waals surface area contributed by atoms with Gasteiger partial charge < -0.3 is 32.1 Å². The highest BCUT2D eigenvalue weighted by atomic mass is 16.4. The monoisotopic (exact) mass is 291 g/mol. The van der Waals surface area contributed by atoms with Crippen molar-refractivity contribution in [1.29, 1.82) is 0 Å². The van der Waals surface area contributed by atoms with Crippen LogP contribution in [0.2, 0.25) is 0 Å². The quantitative estimate of drug-likeness (QED) is 0.274.